The van der Waals surface area contributed by atoms with Crippen molar-refractivity contribution in [1.82, 2.24) is 19.9 Å². The minimum Gasteiger partial charge on any atom is -0.478 e. The van der Waals surface area contributed by atoms with E-state index in [9.17, 15) is 4.79 Å². The van der Waals surface area contributed by atoms with Gasteiger partial charge in [-0.3, -0.25) is 0 Å². The van der Waals surface area contributed by atoms with Gasteiger partial charge in [-0.25, -0.2) is 14.8 Å². The molecular formula is C14H13N7NaO2. The van der Waals surface area contributed by atoms with E-state index >= 15 is 0 Å². The van der Waals surface area contributed by atoms with Gasteiger partial charge in [-0.15, -0.1) is 0 Å². The molecule has 3 aromatic rings. The van der Waals surface area contributed by atoms with Gasteiger partial charge in [-0.2, -0.15) is 9.97 Å². The standard InChI is InChI=1S/C14H13N7O2.Na/c15-11-10-12(21-14(16)20-11)18-6-9(19-10)5-17-8-3-1-7(2-4-8)13(22)23;/h1-4,6,17H,5H2,(H,22,23)(H4,15,16,18,20,21);. The number of aromatic nitrogens is 4. The van der Waals surface area contributed by atoms with Crippen molar-refractivity contribution in [2.45, 2.75) is 6.54 Å². The van der Waals surface area contributed by atoms with Crippen LogP contribution in [0.25, 0.3) is 11.2 Å². The number of carboxylic acids is 1. The summed E-state index contributed by atoms with van der Waals surface area (Å²) in [6, 6.07) is 6.39. The van der Waals surface area contributed by atoms with Crippen LogP contribution in [-0.4, -0.2) is 60.6 Å². The number of benzene rings is 1. The number of carboxylic acid groups (broad SMARTS) is 1. The topological polar surface area (TPSA) is 153 Å². The first-order chi connectivity index (χ1) is 11.0. The Morgan fingerprint density at radius 1 is 1.12 bits per heavy atom. The van der Waals surface area contributed by atoms with Gasteiger partial charge in [-0.1, -0.05) is 0 Å². The maximum atomic E-state index is 10.8. The van der Waals surface area contributed by atoms with Crippen LogP contribution < -0.4 is 16.8 Å². The number of nitrogens with one attached hydrogen (secondary N) is 1. The third-order valence-electron chi connectivity index (χ3n) is 3.11. The minimum absolute atomic E-state index is 0. The number of hydrogen-bond acceptors (Lipinski definition) is 8. The molecular weight excluding hydrogens is 321 g/mol. The molecule has 0 aliphatic heterocycles. The monoisotopic (exact) mass is 334 g/mol. The molecule has 10 heteroatoms. The maximum absolute atomic E-state index is 10.8. The van der Waals surface area contributed by atoms with Crippen LogP contribution >= 0.6 is 0 Å². The van der Waals surface area contributed by atoms with Gasteiger partial charge in [0.15, 0.2) is 17.0 Å². The Bertz CT molecular complexity index is 886. The van der Waals surface area contributed by atoms with Gasteiger partial charge in [0.25, 0.3) is 0 Å². The average Bonchev–Trinajstić information content (AvgIpc) is 2.53. The van der Waals surface area contributed by atoms with E-state index in [4.69, 9.17) is 16.6 Å². The average molecular weight is 334 g/mol. The molecule has 2 heterocycles. The zero-order chi connectivity index (χ0) is 16.4. The largest absolute Gasteiger partial charge is 0.478 e. The smallest absolute Gasteiger partial charge is 0.335 e. The molecule has 0 bridgehead atoms. The predicted molar refractivity (Wildman–Crippen MR) is 90.4 cm³/mol. The third-order valence-corrected chi connectivity index (χ3v) is 3.11. The first-order valence-electron chi connectivity index (χ1n) is 6.65. The molecule has 1 aromatic carbocycles. The van der Waals surface area contributed by atoms with Gasteiger partial charge in [0.05, 0.1) is 24.0 Å². The molecule has 9 nitrogen and oxygen atoms in total. The normalized spacial score (nSPS) is 10.2. The second kappa shape index (κ2) is 7.39. The fraction of sp³-hybridized carbons (Fsp3) is 0.0714. The Morgan fingerprint density at radius 2 is 1.83 bits per heavy atom. The fourth-order valence-electron chi connectivity index (χ4n) is 1.99. The molecule has 0 amide bonds. The van der Waals surface area contributed by atoms with Crippen molar-refractivity contribution >= 4 is 64.1 Å². The molecule has 0 aliphatic rings. The summed E-state index contributed by atoms with van der Waals surface area (Å²) in [5.74, 6) is -0.743. The van der Waals surface area contributed by atoms with E-state index in [-0.39, 0.29) is 46.9 Å². The summed E-state index contributed by atoms with van der Waals surface area (Å²) in [6.07, 6.45) is 1.56. The Hall–Kier alpha value is -2.49. The van der Waals surface area contributed by atoms with Gasteiger partial charge in [0.1, 0.15) is 0 Å². The molecule has 2 aromatic heterocycles. The molecule has 0 saturated heterocycles. The van der Waals surface area contributed by atoms with E-state index < -0.39 is 5.97 Å². The van der Waals surface area contributed by atoms with Crippen LogP contribution in [0.5, 0.6) is 0 Å². The van der Waals surface area contributed by atoms with Gasteiger partial charge in [-0.05, 0) is 24.3 Å². The second-order valence-electron chi connectivity index (χ2n) is 4.74. The minimum atomic E-state index is -0.966. The third kappa shape index (κ3) is 3.88. The van der Waals surface area contributed by atoms with Crippen molar-refractivity contribution in [3.05, 3.63) is 41.7 Å². The van der Waals surface area contributed by atoms with Crippen molar-refractivity contribution in [2.75, 3.05) is 16.8 Å². The number of fused-ring (bicyclic) bond motifs is 1. The van der Waals surface area contributed by atoms with Gasteiger partial charge < -0.3 is 21.9 Å². The van der Waals surface area contributed by atoms with Crippen LogP contribution in [0.4, 0.5) is 17.5 Å². The zero-order valence-electron chi connectivity index (χ0n) is 12.9. The molecule has 0 spiro atoms. The van der Waals surface area contributed by atoms with Crippen LogP contribution in [0.3, 0.4) is 0 Å². The Balaban J connectivity index is 0.00000208. The van der Waals surface area contributed by atoms with E-state index in [0.29, 0.717) is 23.4 Å². The van der Waals surface area contributed by atoms with E-state index in [0.717, 1.165) is 5.69 Å². The Morgan fingerprint density at radius 3 is 2.50 bits per heavy atom. The summed E-state index contributed by atoms with van der Waals surface area (Å²) in [4.78, 5) is 27.1. The van der Waals surface area contributed by atoms with Crippen LogP contribution in [-0.2, 0) is 6.54 Å². The van der Waals surface area contributed by atoms with Crippen molar-refractivity contribution in [3.63, 3.8) is 0 Å². The summed E-state index contributed by atoms with van der Waals surface area (Å²) in [5.41, 5.74) is 13.6. The Labute approximate surface area is 158 Å². The number of rotatable bonds is 4. The number of hydrogen-bond donors (Lipinski definition) is 4. The van der Waals surface area contributed by atoms with E-state index in [1.54, 1.807) is 18.3 Å². The van der Waals surface area contributed by atoms with Crippen LogP contribution in [0.1, 0.15) is 16.1 Å². The van der Waals surface area contributed by atoms with E-state index in [2.05, 4.69) is 25.3 Å². The molecule has 0 saturated carbocycles. The molecule has 0 aliphatic carbocycles. The molecule has 0 fully saturated rings. The number of carbonyl (C=O) groups is 1. The molecule has 0 atom stereocenters. The van der Waals surface area contributed by atoms with E-state index in [1.807, 2.05) is 0 Å². The number of aromatic carboxylic acids is 1. The Kier molecular flexibility index (Phi) is 5.50. The summed E-state index contributed by atoms with van der Waals surface area (Å²) in [6.45, 7) is 0.388. The molecule has 6 N–H and O–H groups in total. The molecule has 3 rings (SSSR count). The van der Waals surface area contributed by atoms with Crippen molar-refractivity contribution in [3.8, 4) is 0 Å². The summed E-state index contributed by atoms with van der Waals surface area (Å²) in [5, 5.41) is 12.0. The van der Waals surface area contributed by atoms with E-state index in [1.165, 1.54) is 12.1 Å². The molecule has 0 unspecified atom stereocenters. The SMILES string of the molecule is Nc1nc(N)c2nc(CNc3ccc(C(=O)O)cc3)cnc2n1.[Na]. The van der Waals surface area contributed by atoms with Crippen molar-refractivity contribution in [1.29, 1.82) is 0 Å². The first-order valence-corrected chi connectivity index (χ1v) is 6.65. The molecule has 117 valence electrons. The van der Waals surface area contributed by atoms with Crippen LogP contribution in [0.15, 0.2) is 30.5 Å². The van der Waals surface area contributed by atoms with Crippen molar-refractivity contribution in [2.24, 2.45) is 0 Å². The number of nitrogens with two attached hydrogens (primary N) is 2. The van der Waals surface area contributed by atoms with Gasteiger partial charge in [0, 0.05) is 35.2 Å². The van der Waals surface area contributed by atoms with Crippen LogP contribution in [0.2, 0.25) is 0 Å². The summed E-state index contributed by atoms with van der Waals surface area (Å²) < 4.78 is 0. The zero-order valence-corrected chi connectivity index (χ0v) is 14.9. The quantitative estimate of drug-likeness (QED) is 0.500. The van der Waals surface area contributed by atoms with Crippen LogP contribution in [0, 0.1) is 0 Å². The second-order valence-corrected chi connectivity index (χ2v) is 4.74. The number of anilines is 3. The first kappa shape index (κ1) is 17.9. The van der Waals surface area contributed by atoms with Gasteiger partial charge >= 0.3 is 5.97 Å². The maximum Gasteiger partial charge on any atom is 0.335 e. The number of nitrogen functional groups attached to an aromatic ring is 2. The molecule has 24 heavy (non-hydrogen) atoms. The number of nitrogens with zero attached hydrogens (tertiary/aromatic N) is 4. The van der Waals surface area contributed by atoms with Crippen molar-refractivity contribution < 1.29 is 9.90 Å². The summed E-state index contributed by atoms with van der Waals surface area (Å²) >= 11 is 0. The predicted octanol–water partition coefficient (Wildman–Crippen LogP) is 0.514. The van der Waals surface area contributed by atoms with Gasteiger partial charge in [0.2, 0.25) is 5.95 Å². The molecule has 1 radical (unpaired) electrons. The summed E-state index contributed by atoms with van der Waals surface area (Å²) in [7, 11) is 0. The fourth-order valence-corrected chi connectivity index (χ4v) is 1.99.